The second-order valence-corrected chi connectivity index (χ2v) is 12.9. The first-order chi connectivity index (χ1) is 19.1. The van der Waals surface area contributed by atoms with Gasteiger partial charge in [0, 0.05) is 18.3 Å². The normalized spacial score (nSPS) is 20.4. The fourth-order valence-electron chi connectivity index (χ4n) is 5.95. The molecule has 0 N–H and O–H groups in total. The second kappa shape index (κ2) is 9.59. The molecule has 0 bridgehead atoms. The monoisotopic (exact) mass is 559 g/mol. The lowest BCUT2D eigenvalue weighted by atomic mass is 9.62. The van der Waals surface area contributed by atoms with Crippen molar-refractivity contribution in [3.63, 3.8) is 0 Å². The lowest BCUT2D eigenvalue weighted by Gasteiger charge is -2.43. The quantitative estimate of drug-likeness (QED) is 0.280. The van der Waals surface area contributed by atoms with E-state index < -0.39 is 26.3 Å². The second-order valence-electron chi connectivity index (χ2n) is 10.7. The number of carbonyl (C=O) groups excluding carboxylic acids is 1. The minimum atomic E-state index is -3.93. The number of halogens is 2. The van der Waals surface area contributed by atoms with Crippen molar-refractivity contribution in [2.75, 3.05) is 0 Å². The molecule has 2 atom stereocenters. The maximum Gasteiger partial charge on any atom is 0.191 e. The number of hydrogen-bond donors (Lipinski definition) is 0. The molecule has 1 saturated carbocycles. The van der Waals surface area contributed by atoms with Crippen LogP contribution in [0.1, 0.15) is 52.3 Å². The Morgan fingerprint density at radius 2 is 1.80 bits per heavy atom. The van der Waals surface area contributed by atoms with Crippen LogP contribution in [0.4, 0.5) is 8.78 Å². The number of sulfone groups is 1. The summed E-state index contributed by atoms with van der Waals surface area (Å²) < 4.78 is 57.3. The van der Waals surface area contributed by atoms with Crippen LogP contribution < -0.4 is 0 Å². The van der Waals surface area contributed by atoms with Crippen LogP contribution in [0.25, 0.3) is 11.8 Å². The fourth-order valence-corrected chi connectivity index (χ4v) is 7.79. The van der Waals surface area contributed by atoms with Gasteiger partial charge in [-0.1, -0.05) is 11.6 Å². The van der Waals surface area contributed by atoms with Gasteiger partial charge in [0.1, 0.15) is 17.3 Å². The molecular weight excluding hydrogens is 532 g/mol. The van der Waals surface area contributed by atoms with Crippen LogP contribution in [-0.2, 0) is 16.3 Å². The number of pyridine rings is 1. The molecule has 4 aromatic rings. The van der Waals surface area contributed by atoms with Crippen molar-refractivity contribution >= 4 is 21.7 Å². The van der Waals surface area contributed by atoms with Crippen LogP contribution in [0.2, 0.25) is 0 Å². The third kappa shape index (κ3) is 4.29. The molecule has 0 radical (unpaired) electrons. The number of allylic oxidation sites excluding steroid dienone is 1. The number of nitrogens with zero attached hydrogens (tertiary/aromatic N) is 3. The Morgan fingerprint density at radius 3 is 2.52 bits per heavy atom. The summed E-state index contributed by atoms with van der Waals surface area (Å²) in [6, 6.07) is 13.5. The Bertz CT molecular complexity index is 1790. The van der Waals surface area contributed by atoms with Crippen LogP contribution in [0, 0.1) is 30.9 Å². The number of fused-ring (bicyclic) bond motifs is 2. The molecule has 0 unspecified atom stereocenters. The predicted octanol–water partition coefficient (Wildman–Crippen LogP) is 6.00. The van der Waals surface area contributed by atoms with Gasteiger partial charge in [-0.05, 0) is 98.8 Å². The van der Waals surface area contributed by atoms with E-state index in [1.807, 2.05) is 17.6 Å². The van der Waals surface area contributed by atoms with Crippen LogP contribution in [-0.4, -0.2) is 34.0 Å². The SMILES string of the molecule is Cc1ccnc(C(=O)[C@]23Cc4ncn(-c5ccc(F)cc5)c4C=C2CC[C@H](S(=O)(=O)c2ccc(C)c(F)c2)C3)c1. The zero-order chi connectivity index (χ0) is 28.2. The number of ketones is 1. The molecule has 0 aliphatic heterocycles. The molecule has 40 heavy (non-hydrogen) atoms. The number of benzene rings is 2. The van der Waals surface area contributed by atoms with Gasteiger partial charge >= 0.3 is 0 Å². The summed E-state index contributed by atoms with van der Waals surface area (Å²) in [4.78, 5) is 23.2. The van der Waals surface area contributed by atoms with Gasteiger partial charge in [0.25, 0.3) is 0 Å². The van der Waals surface area contributed by atoms with Crippen molar-refractivity contribution in [1.82, 2.24) is 14.5 Å². The molecule has 2 aliphatic rings. The number of aromatic nitrogens is 3. The highest BCUT2D eigenvalue weighted by Gasteiger charge is 2.52. The summed E-state index contributed by atoms with van der Waals surface area (Å²) in [7, 11) is -3.93. The van der Waals surface area contributed by atoms with E-state index in [0.717, 1.165) is 28.6 Å². The van der Waals surface area contributed by atoms with Gasteiger partial charge in [-0.3, -0.25) is 14.3 Å². The van der Waals surface area contributed by atoms with Gasteiger partial charge in [0.2, 0.25) is 0 Å². The van der Waals surface area contributed by atoms with E-state index in [0.29, 0.717) is 24.1 Å². The zero-order valence-electron chi connectivity index (χ0n) is 22.1. The molecule has 2 heterocycles. The summed E-state index contributed by atoms with van der Waals surface area (Å²) in [6.07, 6.45) is 6.03. The molecule has 6 nitrogen and oxygen atoms in total. The average Bonchev–Trinajstić information content (AvgIpc) is 3.35. The molecule has 0 saturated heterocycles. The Morgan fingerprint density at radius 1 is 1.02 bits per heavy atom. The van der Waals surface area contributed by atoms with Gasteiger partial charge in [-0.25, -0.2) is 22.2 Å². The topological polar surface area (TPSA) is 81.9 Å². The van der Waals surface area contributed by atoms with E-state index in [9.17, 15) is 22.0 Å². The van der Waals surface area contributed by atoms with E-state index in [1.54, 1.807) is 43.7 Å². The van der Waals surface area contributed by atoms with Gasteiger partial charge in [0.15, 0.2) is 15.6 Å². The third-order valence-electron chi connectivity index (χ3n) is 8.19. The lowest BCUT2D eigenvalue weighted by molar-refractivity contribution is 0.0795. The Balaban J connectivity index is 1.46. The number of carbonyl (C=O) groups is 1. The van der Waals surface area contributed by atoms with Gasteiger partial charge in [0.05, 0.1) is 33.3 Å². The Labute approximate surface area is 231 Å². The van der Waals surface area contributed by atoms with E-state index in [2.05, 4.69) is 9.97 Å². The molecule has 2 aliphatic carbocycles. The highest BCUT2D eigenvalue weighted by atomic mass is 32.2. The van der Waals surface area contributed by atoms with Crippen molar-refractivity contribution in [1.29, 1.82) is 0 Å². The average molecular weight is 560 g/mol. The molecule has 0 amide bonds. The number of aryl methyl sites for hydroxylation is 2. The third-order valence-corrected chi connectivity index (χ3v) is 10.4. The highest BCUT2D eigenvalue weighted by molar-refractivity contribution is 7.92. The zero-order valence-corrected chi connectivity index (χ0v) is 22.9. The van der Waals surface area contributed by atoms with Gasteiger partial charge < -0.3 is 0 Å². The first-order valence-corrected chi connectivity index (χ1v) is 14.6. The van der Waals surface area contributed by atoms with Gasteiger partial charge in [-0.2, -0.15) is 0 Å². The molecule has 6 rings (SSSR count). The minimum Gasteiger partial charge on any atom is -0.299 e. The largest absolute Gasteiger partial charge is 0.299 e. The number of hydrogen-bond acceptors (Lipinski definition) is 5. The van der Waals surface area contributed by atoms with Crippen molar-refractivity contribution < 1.29 is 22.0 Å². The highest BCUT2D eigenvalue weighted by Crippen LogP contribution is 2.51. The van der Waals surface area contributed by atoms with Crippen LogP contribution >= 0.6 is 0 Å². The van der Waals surface area contributed by atoms with Gasteiger partial charge in [-0.15, -0.1) is 0 Å². The maximum absolute atomic E-state index is 14.4. The molecule has 2 aromatic carbocycles. The fraction of sp³-hybridized carbons (Fsp3) is 0.258. The number of imidazole rings is 1. The van der Waals surface area contributed by atoms with Crippen LogP contribution in [0.15, 0.2) is 77.6 Å². The summed E-state index contributed by atoms with van der Waals surface area (Å²) in [5.41, 5.74) is 3.30. The summed E-state index contributed by atoms with van der Waals surface area (Å²) >= 11 is 0. The Hall–Kier alpha value is -3.98. The smallest absolute Gasteiger partial charge is 0.191 e. The van der Waals surface area contributed by atoms with E-state index in [1.165, 1.54) is 24.3 Å². The maximum atomic E-state index is 14.4. The van der Waals surface area contributed by atoms with E-state index in [-0.39, 0.29) is 35.0 Å². The standard InChI is InChI=1S/C31H27F2N3O3S/c1-19-11-12-34-27(13-19)30(37)31-16-25(40(38,39)24-9-3-20(2)26(33)15-24)10-4-21(31)14-29-28(17-31)35-18-36(29)23-7-5-22(32)6-8-23/h3,5-9,11-15,18,25H,4,10,16-17H2,1-2H3/t25-,31+/m0/s1. The summed E-state index contributed by atoms with van der Waals surface area (Å²) in [5.74, 6) is -1.18. The summed E-state index contributed by atoms with van der Waals surface area (Å²) in [6.45, 7) is 3.45. The molecule has 0 spiro atoms. The van der Waals surface area contributed by atoms with Crippen molar-refractivity contribution in [2.24, 2.45) is 5.41 Å². The molecule has 9 heteroatoms. The first kappa shape index (κ1) is 26.3. The minimum absolute atomic E-state index is 0.0357. The van der Waals surface area contributed by atoms with Crippen molar-refractivity contribution in [2.45, 2.75) is 49.7 Å². The Kier molecular flexibility index (Phi) is 6.29. The van der Waals surface area contributed by atoms with Crippen molar-refractivity contribution in [3.8, 4) is 5.69 Å². The number of rotatable bonds is 5. The predicted molar refractivity (Wildman–Crippen MR) is 147 cm³/mol. The van der Waals surface area contributed by atoms with Crippen molar-refractivity contribution in [3.05, 3.63) is 113 Å². The summed E-state index contributed by atoms with van der Waals surface area (Å²) in [5, 5.41) is -0.888. The van der Waals surface area contributed by atoms with E-state index >= 15 is 0 Å². The van der Waals surface area contributed by atoms with E-state index in [4.69, 9.17) is 0 Å². The lowest BCUT2D eigenvalue weighted by Crippen LogP contribution is -2.46. The molecule has 1 fully saturated rings. The molecular formula is C31H27F2N3O3S. The molecule has 2 aromatic heterocycles. The molecule has 204 valence electrons. The van der Waals surface area contributed by atoms with Crippen LogP contribution in [0.3, 0.4) is 0 Å². The van der Waals surface area contributed by atoms with Crippen LogP contribution in [0.5, 0.6) is 0 Å². The number of Topliss-reactive ketones (excluding diaryl/α,β-unsaturated/α-hetero) is 1. The first-order valence-electron chi connectivity index (χ1n) is 13.1.